The van der Waals surface area contributed by atoms with Crippen molar-refractivity contribution in [2.75, 3.05) is 24.5 Å². The van der Waals surface area contributed by atoms with E-state index in [1.54, 1.807) is 6.20 Å². The maximum absolute atomic E-state index is 12.8. The molecule has 1 fully saturated rings. The second-order valence-electron chi connectivity index (χ2n) is 7.51. The van der Waals surface area contributed by atoms with Gasteiger partial charge in [0.25, 0.3) is 0 Å². The number of pyridine rings is 1. The standard InChI is InChI=1S/C19H22F3N9/c1-11-9-30(4-5-31(11)15-3-2-13(7-25-15)19(20,21)22)10-12-6-27-29-16(12)18-26-8-14(28-18)17(23)24/h2-3,6-8,11H,4-5,9-10H2,1H3,(H3,23,24)(H,26,28)(H,27,29). The van der Waals surface area contributed by atoms with Gasteiger partial charge in [-0.3, -0.25) is 15.4 Å². The van der Waals surface area contributed by atoms with Crippen LogP contribution < -0.4 is 10.6 Å². The number of nitrogen functional groups attached to an aromatic ring is 1. The molecule has 4 heterocycles. The van der Waals surface area contributed by atoms with Crippen molar-refractivity contribution in [3.05, 3.63) is 47.5 Å². The third kappa shape index (κ3) is 4.38. The molecule has 12 heteroatoms. The Labute approximate surface area is 176 Å². The second kappa shape index (κ2) is 8.02. The van der Waals surface area contributed by atoms with Crippen molar-refractivity contribution >= 4 is 11.7 Å². The molecule has 0 saturated carbocycles. The number of halogens is 3. The zero-order valence-corrected chi connectivity index (χ0v) is 16.7. The maximum atomic E-state index is 12.8. The molecule has 1 saturated heterocycles. The molecule has 31 heavy (non-hydrogen) atoms. The first-order valence-corrected chi connectivity index (χ1v) is 9.66. The van der Waals surface area contributed by atoms with Gasteiger partial charge in [0.1, 0.15) is 23.0 Å². The van der Waals surface area contributed by atoms with Crippen molar-refractivity contribution in [1.29, 1.82) is 5.41 Å². The molecule has 1 aliphatic rings. The minimum absolute atomic E-state index is 0.0706. The molecule has 5 N–H and O–H groups in total. The van der Waals surface area contributed by atoms with Crippen LogP contribution in [-0.4, -0.2) is 61.6 Å². The Morgan fingerprint density at radius 2 is 2.03 bits per heavy atom. The van der Waals surface area contributed by atoms with Crippen molar-refractivity contribution < 1.29 is 13.2 Å². The minimum Gasteiger partial charge on any atom is -0.382 e. The Morgan fingerprint density at radius 3 is 2.65 bits per heavy atom. The highest BCUT2D eigenvalue weighted by atomic mass is 19.4. The molecule has 164 valence electrons. The highest BCUT2D eigenvalue weighted by Gasteiger charge is 2.32. The molecule has 0 aliphatic carbocycles. The Morgan fingerprint density at radius 1 is 1.23 bits per heavy atom. The van der Waals surface area contributed by atoms with Crippen LogP contribution in [0.2, 0.25) is 0 Å². The summed E-state index contributed by atoms with van der Waals surface area (Å²) in [6.45, 7) is 4.72. The highest BCUT2D eigenvalue weighted by Crippen LogP contribution is 2.30. The fraction of sp³-hybridized carbons (Fsp3) is 0.368. The third-order valence-corrected chi connectivity index (χ3v) is 5.30. The van der Waals surface area contributed by atoms with Crippen LogP contribution in [0.25, 0.3) is 11.5 Å². The number of aromatic amines is 2. The number of anilines is 1. The van der Waals surface area contributed by atoms with Gasteiger partial charge in [-0.1, -0.05) is 0 Å². The number of hydrogen-bond acceptors (Lipinski definition) is 6. The summed E-state index contributed by atoms with van der Waals surface area (Å²) in [6, 6.07) is 2.56. The first kappa shape index (κ1) is 20.8. The van der Waals surface area contributed by atoms with E-state index in [9.17, 15) is 13.2 Å². The summed E-state index contributed by atoms with van der Waals surface area (Å²) in [5.74, 6) is 0.997. The number of nitrogens with two attached hydrogens (primary N) is 1. The molecule has 0 bridgehead atoms. The van der Waals surface area contributed by atoms with Gasteiger partial charge in [-0.25, -0.2) is 9.97 Å². The summed E-state index contributed by atoms with van der Waals surface area (Å²) in [5.41, 5.74) is 6.84. The summed E-state index contributed by atoms with van der Waals surface area (Å²) < 4.78 is 38.3. The average molecular weight is 433 g/mol. The molecule has 0 amide bonds. The Hall–Kier alpha value is -3.41. The van der Waals surface area contributed by atoms with E-state index in [-0.39, 0.29) is 11.9 Å². The molecule has 0 aromatic carbocycles. The van der Waals surface area contributed by atoms with Crippen LogP contribution in [-0.2, 0) is 12.7 Å². The lowest BCUT2D eigenvalue weighted by atomic mass is 10.1. The summed E-state index contributed by atoms with van der Waals surface area (Å²) in [4.78, 5) is 15.5. The van der Waals surface area contributed by atoms with E-state index in [1.165, 1.54) is 12.3 Å². The Balaban J connectivity index is 1.42. The summed E-state index contributed by atoms with van der Waals surface area (Å²) >= 11 is 0. The van der Waals surface area contributed by atoms with Gasteiger partial charge in [0, 0.05) is 44.0 Å². The predicted octanol–water partition coefficient (Wildman–Crippen LogP) is 2.21. The molecule has 4 rings (SSSR count). The van der Waals surface area contributed by atoms with E-state index in [4.69, 9.17) is 11.1 Å². The molecule has 1 atom stereocenters. The first-order valence-electron chi connectivity index (χ1n) is 9.66. The number of rotatable bonds is 5. The summed E-state index contributed by atoms with van der Waals surface area (Å²) in [6.07, 6.45) is -0.276. The topological polar surface area (TPSA) is 127 Å². The van der Waals surface area contributed by atoms with Crippen molar-refractivity contribution in [3.8, 4) is 11.5 Å². The van der Waals surface area contributed by atoms with Crippen LogP contribution in [0.15, 0.2) is 30.7 Å². The average Bonchev–Trinajstić information content (AvgIpc) is 3.37. The molecule has 9 nitrogen and oxygen atoms in total. The van der Waals surface area contributed by atoms with E-state index < -0.39 is 11.7 Å². The van der Waals surface area contributed by atoms with Crippen LogP contribution in [0.1, 0.15) is 23.7 Å². The molecule has 1 aliphatic heterocycles. The fourth-order valence-corrected chi connectivity index (χ4v) is 3.70. The van der Waals surface area contributed by atoms with Gasteiger partial charge in [-0.15, -0.1) is 0 Å². The van der Waals surface area contributed by atoms with E-state index in [0.29, 0.717) is 43.5 Å². The van der Waals surface area contributed by atoms with Gasteiger partial charge in [-0.05, 0) is 19.1 Å². The molecule has 3 aromatic heterocycles. The molecule has 0 spiro atoms. The molecule has 1 unspecified atom stereocenters. The minimum atomic E-state index is -4.39. The Kier molecular flexibility index (Phi) is 5.39. The van der Waals surface area contributed by atoms with Crippen molar-refractivity contribution in [1.82, 2.24) is 30.0 Å². The van der Waals surface area contributed by atoms with Gasteiger partial charge in [0.2, 0.25) is 0 Å². The number of piperazine rings is 1. The first-order chi connectivity index (χ1) is 14.7. The maximum Gasteiger partial charge on any atom is 0.417 e. The summed E-state index contributed by atoms with van der Waals surface area (Å²) in [7, 11) is 0. The highest BCUT2D eigenvalue weighted by molar-refractivity contribution is 5.93. The third-order valence-electron chi connectivity index (χ3n) is 5.30. The van der Waals surface area contributed by atoms with Crippen LogP contribution in [0.5, 0.6) is 0 Å². The number of hydrogen-bond donors (Lipinski definition) is 4. The monoisotopic (exact) mass is 433 g/mol. The van der Waals surface area contributed by atoms with Gasteiger partial charge in [-0.2, -0.15) is 18.3 Å². The molecular formula is C19H22F3N9. The molecular weight excluding hydrogens is 411 g/mol. The van der Waals surface area contributed by atoms with Crippen LogP contribution in [0.3, 0.4) is 0 Å². The lowest BCUT2D eigenvalue weighted by Crippen LogP contribution is -2.51. The van der Waals surface area contributed by atoms with Gasteiger partial charge in [0.05, 0.1) is 18.0 Å². The fourth-order valence-electron chi connectivity index (χ4n) is 3.70. The molecule has 0 radical (unpaired) electrons. The van der Waals surface area contributed by atoms with E-state index >= 15 is 0 Å². The van der Waals surface area contributed by atoms with E-state index in [1.807, 2.05) is 11.8 Å². The Bertz CT molecular complexity index is 1050. The van der Waals surface area contributed by atoms with Crippen LogP contribution in [0.4, 0.5) is 19.0 Å². The number of H-pyrrole nitrogens is 2. The second-order valence-corrected chi connectivity index (χ2v) is 7.51. The van der Waals surface area contributed by atoms with Crippen LogP contribution in [0, 0.1) is 5.41 Å². The zero-order chi connectivity index (χ0) is 22.2. The number of alkyl halides is 3. The quantitative estimate of drug-likeness (QED) is 0.361. The molecule has 3 aromatic rings. The van der Waals surface area contributed by atoms with Crippen molar-refractivity contribution in [2.45, 2.75) is 25.7 Å². The smallest absolute Gasteiger partial charge is 0.382 e. The zero-order valence-electron chi connectivity index (χ0n) is 16.7. The largest absolute Gasteiger partial charge is 0.417 e. The summed E-state index contributed by atoms with van der Waals surface area (Å²) in [5, 5.41) is 14.5. The van der Waals surface area contributed by atoms with Crippen LogP contribution >= 0.6 is 0 Å². The number of imidazole rings is 1. The van der Waals surface area contributed by atoms with Gasteiger partial charge in [0.15, 0.2) is 5.82 Å². The normalized spacial score (nSPS) is 17.8. The lowest BCUT2D eigenvalue weighted by molar-refractivity contribution is -0.137. The van der Waals surface area contributed by atoms with E-state index in [0.717, 1.165) is 23.5 Å². The van der Waals surface area contributed by atoms with E-state index in [2.05, 4.69) is 30.0 Å². The number of aromatic nitrogens is 5. The van der Waals surface area contributed by atoms with Gasteiger partial charge < -0.3 is 15.6 Å². The lowest BCUT2D eigenvalue weighted by Gasteiger charge is -2.40. The number of nitrogens with one attached hydrogen (secondary N) is 3. The number of nitrogens with zero attached hydrogens (tertiary/aromatic N) is 5. The predicted molar refractivity (Wildman–Crippen MR) is 109 cm³/mol. The SMILES string of the molecule is CC1CN(Cc2cn[nH]c2-c2ncc(C(=N)N)[nH]2)CCN1c1ccc(C(F)(F)F)cn1. The van der Waals surface area contributed by atoms with Crippen molar-refractivity contribution in [2.24, 2.45) is 5.73 Å². The number of amidine groups is 1. The van der Waals surface area contributed by atoms with Crippen molar-refractivity contribution in [3.63, 3.8) is 0 Å². The van der Waals surface area contributed by atoms with Gasteiger partial charge >= 0.3 is 6.18 Å².